The molecule has 8 nitrogen and oxygen atoms in total. The summed E-state index contributed by atoms with van der Waals surface area (Å²) in [5.74, 6) is 1.04. The van der Waals surface area contributed by atoms with Gasteiger partial charge in [-0.2, -0.15) is 0 Å². The number of aryl methyl sites for hydroxylation is 1. The van der Waals surface area contributed by atoms with Crippen molar-refractivity contribution in [3.05, 3.63) is 47.3 Å². The third-order valence-electron chi connectivity index (χ3n) is 4.51. The normalized spacial score (nSPS) is 14.5. The van der Waals surface area contributed by atoms with E-state index in [2.05, 4.69) is 25.5 Å². The molecule has 1 saturated heterocycles. The summed E-state index contributed by atoms with van der Waals surface area (Å²) in [6.45, 7) is 7.32. The number of carbonyl (C=O) groups excluding carboxylic acids is 1. The Labute approximate surface area is 165 Å². The molecule has 0 aliphatic carbocycles. The van der Waals surface area contributed by atoms with Crippen LogP contribution < -0.4 is 15.4 Å². The van der Waals surface area contributed by atoms with Gasteiger partial charge in [0.2, 0.25) is 5.95 Å². The summed E-state index contributed by atoms with van der Waals surface area (Å²) in [6, 6.07) is 9.27. The zero-order chi connectivity index (χ0) is 19.8. The number of amides is 1. The van der Waals surface area contributed by atoms with Crippen LogP contribution in [0.1, 0.15) is 21.7 Å². The first-order valence-corrected chi connectivity index (χ1v) is 9.45. The Morgan fingerprint density at radius 1 is 1.21 bits per heavy atom. The van der Waals surface area contributed by atoms with Gasteiger partial charge < -0.3 is 20.1 Å². The average molecular weight is 385 g/mol. The number of hydrogen-bond acceptors (Lipinski definition) is 7. The van der Waals surface area contributed by atoms with Crippen molar-refractivity contribution in [2.45, 2.75) is 13.5 Å². The van der Waals surface area contributed by atoms with Crippen LogP contribution in [0.4, 0.5) is 5.95 Å². The minimum atomic E-state index is -0.224. The number of benzene rings is 1. The van der Waals surface area contributed by atoms with Crippen molar-refractivity contribution >= 4 is 11.9 Å². The summed E-state index contributed by atoms with van der Waals surface area (Å²) in [7, 11) is 1.63. The average Bonchev–Trinajstić information content (AvgIpc) is 2.73. The maximum absolute atomic E-state index is 12.5. The van der Waals surface area contributed by atoms with E-state index < -0.39 is 0 Å². The molecule has 0 saturated carbocycles. The van der Waals surface area contributed by atoms with Crippen LogP contribution in [0.2, 0.25) is 0 Å². The fourth-order valence-corrected chi connectivity index (χ4v) is 2.93. The van der Waals surface area contributed by atoms with Crippen LogP contribution in [-0.2, 0) is 11.3 Å². The predicted octanol–water partition coefficient (Wildman–Crippen LogP) is 1.47. The van der Waals surface area contributed by atoms with Gasteiger partial charge in [-0.1, -0.05) is 12.1 Å². The van der Waals surface area contributed by atoms with Crippen LogP contribution in [-0.4, -0.2) is 67.3 Å². The SMILES string of the molecule is COc1ccc(CNC(=O)c2cc(C)nc(NCCN3CCOCC3)n2)cc1. The van der Waals surface area contributed by atoms with E-state index in [9.17, 15) is 4.79 Å². The molecule has 2 aromatic rings. The Morgan fingerprint density at radius 2 is 1.96 bits per heavy atom. The molecule has 8 heteroatoms. The third kappa shape index (κ3) is 5.90. The molecular weight excluding hydrogens is 358 g/mol. The minimum absolute atomic E-state index is 0.224. The van der Waals surface area contributed by atoms with Crippen molar-refractivity contribution in [1.29, 1.82) is 0 Å². The quantitative estimate of drug-likeness (QED) is 0.711. The number of carbonyl (C=O) groups is 1. The zero-order valence-electron chi connectivity index (χ0n) is 16.4. The highest BCUT2D eigenvalue weighted by atomic mass is 16.5. The van der Waals surface area contributed by atoms with Crippen LogP contribution in [0.25, 0.3) is 0 Å². The molecule has 0 spiro atoms. The van der Waals surface area contributed by atoms with Gasteiger partial charge in [0.1, 0.15) is 11.4 Å². The first-order chi connectivity index (χ1) is 13.6. The molecule has 28 heavy (non-hydrogen) atoms. The molecule has 0 bridgehead atoms. The van der Waals surface area contributed by atoms with Crippen LogP contribution in [0, 0.1) is 6.92 Å². The molecule has 1 aliphatic heterocycles. The minimum Gasteiger partial charge on any atom is -0.497 e. The second-order valence-corrected chi connectivity index (χ2v) is 6.63. The highest BCUT2D eigenvalue weighted by molar-refractivity contribution is 5.92. The molecule has 1 aromatic carbocycles. The van der Waals surface area contributed by atoms with Crippen molar-refractivity contribution in [2.24, 2.45) is 0 Å². The first-order valence-electron chi connectivity index (χ1n) is 9.45. The summed E-state index contributed by atoms with van der Waals surface area (Å²) < 4.78 is 10.5. The van der Waals surface area contributed by atoms with Gasteiger partial charge in [0.25, 0.3) is 5.91 Å². The molecule has 2 N–H and O–H groups in total. The number of nitrogens with one attached hydrogen (secondary N) is 2. The number of anilines is 1. The smallest absolute Gasteiger partial charge is 0.270 e. The number of nitrogens with zero attached hydrogens (tertiary/aromatic N) is 3. The lowest BCUT2D eigenvalue weighted by Gasteiger charge is -2.26. The van der Waals surface area contributed by atoms with E-state index in [1.807, 2.05) is 31.2 Å². The van der Waals surface area contributed by atoms with E-state index in [0.29, 0.717) is 18.2 Å². The molecule has 1 aromatic heterocycles. The monoisotopic (exact) mass is 385 g/mol. The second-order valence-electron chi connectivity index (χ2n) is 6.63. The molecule has 2 heterocycles. The Bertz CT molecular complexity index is 776. The summed E-state index contributed by atoms with van der Waals surface area (Å²) in [6.07, 6.45) is 0. The Morgan fingerprint density at radius 3 is 2.68 bits per heavy atom. The van der Waals surface area contributed by atoms with Gasteiger partial charge in [-0.3, -0.25) is 9.69 Å². The number of rotatable bonds is 8. The second kappa shape index (κ2) is 10.0. The largest absolute Gasteiger partial charge is 0.497 e. The maximum atomic E-state index is 12.5. The van der Waals surface area contributed by atoms with Gasteiger partial charge in [0, 0.05) is 38.4 Å². The number of ether oxygens (including phenoxy) is 2. The van der Waals surface area contributed by atoms with Crippen molar-refractivity contribution in [2.75, 3.05) is 51.8 Å². The topological polar surface area (TPSA) is 88.6 Å². The van der Waals surface area contributed by atoms with Crippen LogP contribution >= 0.6 is 0 Å². The van der Waals surface area contributed by atoms with E-state index in [1.165, 1.54) is 0 Å². The van der Waals surface area contributed by atoms with Crippen LogP contribution in [0.5, 0.6) is 5.75 Å². The van der Waals surface area contributed by atoms with Gasteiger partial charge in [-0.05, 0) is 30.7 Å². The van der Waals surface area contributed by atoms with Gasteiger partial charge in [-0.15, -0.1) is 0 Å². The van der Waals surface area contributed by atoms with Gasteiger partial charge in [0.05, 0.1) is 20.3 Å². The zero-order valence-corrected chi connectivity index (χ0v) is 16.4. The third-order valence-corrected chi connectivity index (χ3v) is 4.51. The molecule has 1 fully saturated rings. The fraction of sp³-hybridized carbons (Fsp3) is 0.450. The number of aromatic nitrogens is 2. The summed E-state index contributed by atoms with van der Waals surface area (Å²) >= 11 is 0. The summed E-state index contributed by atoms with van der Waals surface area (Å²) in [4.78, 5) is 23.6. The van der Waals surface area contributed by atoms with Gasteiger partial charge in [0.15, 0.2) is 0 Å². The van der Waals surface area contributed by atoms with Crippen LogP contribution in [0.3, 0.4) is 0 Å². The lowest BCUT2D eigenvalue weighted by molar-refractivity contribution is 0.0398. The van der Waals surface area contributed by atoms with E-state index in [0.717, 1.165) is 56.4 Å². The van der Waals surface area contributed by atoms with Crippen molar-refractivity contribution in [3.8, 4) is 5.75 Å². The highest BCUT2D eigenvalue weighted by Gasteiger charge is 2.12. The molecule has 1 aliphatic rings. The Balaban J connectivity index is 1.52. The molecule has 0 radical (unpaired) electrons. The molecule has 0 unspecified atom stereocenters. The number of morpholine rings is 1. The highest BCUT2D eigenvalue weighted by Crippen LogP contribution is 2.11. The summed E-state index contributed by atoms with van der Waals surface area (Å²) in [5.41, 5.74) is 2.09. The van der Waals surface area contributed by atoms with E-state index in [1.54, 1.807) is 13.2 Å². The maximum Gasteiger partial charge on any atom is 0.270 e. The molecule has 1 amide bonds. The molecule has 3 rings (SSSR count). The fourth-order valence-electron chi connectivity index (χ4n) is 2.93. The van der Waals surface area contributed by atoms with Crippen LogP contribution in [0.15, 0.2) is 30.3 Å². The predicted molar refractivity (Wildman–Crippen MR) is 107 cm³/mol. The lowest BCUT2D eigenvalue weighted by Crippen LogP contribution is -2.39. The number of methoxy groups -OCH3 is 1. The first kappa shape index (κ1) is 20.0. The standard InChI is InChI=1S/C20H27N5O3/c1-15-13-18(19(26)22-14-16-3-5-17(27-2)6-4-16)24-20(23-15)21-7-8-25-9-11-28-12-10-25/h3-6,13H,7-12,14H2,1-2H3,(H,22,26)(H,21,23,24). The van der Waals surface area contributed by atoms with Gasteiger partial charge >= 0.3 is 0 Å². The van der Waals surface area contributed by atoms with E-state index >= 15 is 0 Å². The van der Waals surface area contributed by atoms with Crippen molar-refractivity contribution in [1.82, 2.24) is 20.2 Å². The Hall–Kier alpha value is -2.71. The lowest BCUT2D eigenvalue weighted by atomic mass is 10.2. The van der Waals surface area contributed by atoms with Crippen molar-refractivity contribution < 1.29 is 14.3 Å². The van der Waals surface area contributed by atoms with Gasteiger partial charge in [-0.25, -0.2) is 9.97 Å². The summed E-state index contributed by atoms with van der Waals surface area (Å²) in [5, 5.41) is 6.11. The number of hydrogen-bond donors (Lipinski definition) is 2. The van der Waals surface area contributed by atoms with E-state index in [-0.39, 0.29) is 5.91 Å². The van der Waals surface area contributed by atoms with E-state index in [4.69, 9.17) is 9.47 Å². The van der Waals surface area contributed by atoms with Crippen molar-refractivity contribution in [3.63, 3.8) is 0 Å². The molecular formula is C20H27N5O3. The Kier molecular flexibility index (Phi) is 7.16. The molecule has 0 atom stereocenters. The molecule has 150 valence electrons.